The van der Waals surface area contributed by atoms with E-state index in [4.69, 9.17) is 9.05 Å². The first-order valence-electron chi connectivity index (χ1n) is 6.94. The minimum absolute atomic E-state index is 0.0728. The predicted octanol–water partition coefficient (Wildman–Crippen LogP) is 2.20. The van der Waals surface area contributed by atoms with E-state index >= 15 is 0 Å². The Morgan fingerprint density at radius 1 is 1.33 bits per heavy atom. The van der Waals surface area contributed by atoms with Crippen LogP contribution >= 0.6 is 7.60 Å². The molecule has 21 heavy (non-hydrogen) atoms. The standard InChI is InChI=1S/C12H20NO7P/c1-4-19-21(17,20-5-2)12(13(15)16)8-11(12)6-9(7-11)10(14)18-3/h9H,4-8H2,1-3H3. The highest BCUT2D eigenvalue weighted by molar-refractivity contribution is 7.55. The second-order valence-corrected chi connectivity index (χ2v) is 7.74. The SMILES string of the molecule is CCOP(=O)(OCC)C1([N+](=O)[O-])CC12CC(C(=O)OC)C2. The lowest BCUT2D eigenvalue weighted by atomic mass is 9.71. The third-order valence-corrected chi connectivity index (χ3v) is 7.37. The Kier molecular flexibility index (Phi) is 4.17. The first-order chi connectivity index (χ1) is 9.82. The number of rotatable bonds is 7. The zero-order valence-electron chi connectivity index (χ0n) is 12.4. The molecule has 0 aromatic carbocycles. The molecule has 0 aliphatic heterocycles. The number of nitro groups is 1. The van der Waals surface area contributed by atoms with E-state index in [1.807, 2.05) is 0 Å². The molecule has 0 radical (unpaired) electrons. The Hall–Kier alpha value is -0.980. The van der Waals surface area contributed by atoms with E-state index in [0.29, 0.717) is 12.8 Å². The van der Waals surface area contributed by atoms with Gasteiger partial charge >= 0.3 is 18.8 Å². The molecule has 2 fully saturated rings. The molecule has 8 nitrogen and oxygen atoms in total. The minimum Gasteiger partial charge on any atom is -0.469 e. The van der Waals surface area contributed by atoms with E-state index < -0.39 is 23.2 Å². The van der Waals surface area contributed by atoms with E-state index in [2.05, 4.69) is 4.74 Å². The van der Waals surface area contributed by atoms with Crippen molar-refractivity contribution in [3.63, 3.8) is 0 Å². The van der Waals surface area contributed by atoms with Crippen molar-refractivity contribution < 1.29 is 28.1 Å². The summed E-state index contributed by atoms with van der Waals surface area (Å²) >= 11 is 0. The van der Waals surface area contributed by atoms with Crippen molar-refractivity contribution in [2.45, 2.75) is 38.4 Å². The van der Waals surface area contributed by atoms with Gasteiger partial charge in [0.05, 0.1) is 31.7 Å². The number of carbonyl (C=O) groups excluding carboxylic acids is 1. The maximum atomic E-state index is 12.9. The van der Waals surface area contributed by atoms with Gasteiger partial charge in [0.15, 0.2) is 0 Å². The highest BCUT2D eigenvalue weighted by atomic mass is 31.2. The fraction of sp³-hybridized carbons (Fsp3) is 0.917. The molecule has 9 heteroatoms. The van der Waals surface area contributed by atoms with Crippen LogP contribution in [-0.2, 0) is 23.1 Å². The van der Waals surface area contributed by atoms with Gasteiger partial charge in [-0.05, 0) is 26.7 Å². The van der Waals surface area contributed by atoms with E-state index in [0.717, 1.165) is 0 Å². The number of nitrogens with zero attached hydrogens (tertiary/aromatic N) is 1. The van der Waals surface area contributed by atoms with Gasteiger partial charge in [0.2, 0.25) is 0 Å². The molecular weight excluding hydrogens is 301 g/mol. The molecule has 2 aliphatic carbocycles. The van der Waals surface area contributed by atoms with Crippen molar-refractivity contribution in [1.29, 1.82) is 0 Å². The van der Waals surface area contributed by atoms with Crippen LogP contribution in [0.4, 0.5) is 0 Å². The summed E-state index contributed by atoms with van der Waals surface area (Å²) in [5.41, 5.74) is -0.769. The maximum absolute atomic E-state index is 12.9. The number of hydrogen-bond donors (Lipinski definition) is 0. The molecule has 0 aromatic heterocycles. The highest BCUT2D eigenvalue weighted by Crippen LogP contribution is 2.85. The van der Waals surface area contributed by atoms with Crippen molar-refractivity contribution in [3.8, 4) is 0 Å². The Balaban J connectivity index is 2.24. The van der Waals surface area contributed by atoms with Crippen LogP contribution in [0.1, 0.15) is 33.1 Å². The van der Waals surface area contributed by atoms with Crippen molar-refractivity contribution in [3.05, 3.63) is 10.1 Å². The summed E-state index contributed by atoms with van der Waals surface area (Å²) in [4.78, 5) is 22.5. The summed E-state index contributed by atoms with van der Waals surface area (Å²) in [5.74, 6) is -0.749. The lowest BCUT2D eigenvalue weighted by molar-refractivity contribution is -0.526. The summed E-state index contributed by atoms with van der Waals surface area (Å²) in [6.45, 7) is 3.38. The van der Waals surface area contributed by atoms with Gasteiger partial charge in [-0.15, -0.1) is 0 Å². The van der Waals surface area contributed by atoms with Crippen LogP contribution in [-0.4, -0.2) is 36.5 Å². The van der Waals surface area contributed by atoms with Gasteiger partial charge in [0, 0.05) is 11.3 Å². The molecule has 0 saturated heterocycles. The highest BCUT2D eigenvalue weighted by Gasteiger charge is 2.91. The monoisotopic (exact) mass is 321 g/mol. The van der Waals surface area contributed by atoms with Gasteiger partial charge in [-0.1, -0.05) is 0 Å². The smallest absolute Gasteiger partial charge is 0.407 e. The van der Waals surface area contributed by atoms with Crippen LogP contribution in [0.25, 0.3) is 0 Å². The summed E-state index contributed by atoms with van der Waals surface area (Å²) in [6.07, 6.45) is 0.716. The second-order valence-electron chi connectivity index (χ2n) is 5.49. The molecule has 1 atom stereocenters. The average Bonchev–Trinajstić information content (AvgIpc) is 3.09. The molecular formula is C12H20NO7P. The molecule has 1 spiro atoms. The Bertz CT molecular complexity index is 492. The van der Waals surface area contributed by atoms with Crippen LogP contribution in [0.5, 0.6) is 0 Å². The lowest BCUT2D eigenvalue weighted by Gasteiger charge is -2.35. The van der Waals surface area contributed by atoms with Crippen LogP contribution in [0.15, 0.2) is 0 Å². The minimum atomic E-state index is -3.87. The number of ether oxygens (including phenoxy) is 1. The van der Waals surface area contributed by atoms with Crippen LogP contribution < -0.4 is 0 Å². The van der Waals surface area contributed by atoms with Gasteiger partial charge in [0.25, 0.3) is 0 Å². The number of hydrogen-bond acceptors (Lipinski definition) is 7. The molecule has 0 heterocycles. The van der Waals surface area contributed by atoms with Crippen LogP contribution in [0, 0.1) is 21.4 Å². The van der Waals surface area contributed by atoms with Gasteiger partial charge in [-0.25, -0.2) is 0 Å². The van der Waals surface area contributed by atoms with Crippen LogP contribution in [0.3, 0.4) is 0 Å². The largest absolute Gasteiger partial charge is 0.469 e. The first kappa shape index (κ1) is 16.4. The van der Waals surface area contributed by atoms with E-state index in [-0.39, 0.29) is 31.5 Å². The molecule has 0 N–H and O–H groups in total. The number of esters is 1. The summed E-state index contributed by atoms with van der Waals surface area (Å²) < 4.78 is 27.9. The molecule has 0 bridgehead atoms. The number of carbonyl (C=O) groups is 1. The van der Waals surface area contributed by atoms with E-state index in [1.54, 1.807) is 13.8 Å². The van der Waals surface area contributed by atoms with Gasteiger partial charge < -0.3 is 13.8 Å². The topological polar surface area (TPSA) is 105 Å². The molecule has 2 aliphatic rings. The average molecular weight is 321 g/mol. The zero-order chi connectivity index (χ0) is 15.9. The summed E-state index contributed by atoms with van der Waals surface area (Å²) in [7, 11) is -2.59. The van der Waals surface area contributed by atoms with Crippen molar-refractivity contribution in [2.24, 2.45) is 11.3 Å². The Labute approximate surface area is 122 Å². The Morgan fingerprint density at radius 2 is 1.86 bits per heavy atom. The molecule has 120 valence electrons. The molecule has 1 unspecified atom stereocenters. The molecule has 2 saturated carbocycles. The first-order valence-corrected chi connectivity index (χ1v) is 8.48. The normalized spacial score (nSPS) is 34.3. The van der Waals surface area contributed by atoms with Crippen molar-refractivity contribution in [2.75, 3.05) is 20.3 Å². The van der Waals surface area contributed by atoms with E-state index in [1.165, 1.54) is 7.11 Å². The van der Waals surface area contributed by atoms with Crippen LogP contribution in [0.2, 0.25) is 0 Å². The maximum Gasteiger partial charge on any atom is 0.407 e. The molecule has 0 amide bonds. The molecule has 2 rings (SSSR count). The summed E-state index contributed by atoms with van der Waals surface area (Å²) in [5, 5.41) is 9.88. The van der Waals surface area contributed by atoms with E-state index in [9.17, 15) is 19.5 Å². The predicted molar refractivity (Wildman–Crippen MR) is 72.4 cm³/mol. The lowest BCUT2D eigenvalue weighted by Crippen LogP contribution is -2.42. The van der Waals surface area contributed by atoms with Gasteiger partial charge in [0.1, 0.15) is 0 Å². The fourth-order valence-electron chi connectivity index (χ4n) is 3.45. The quantitative estimate of drug-likeness (QED) is 0.306. The third kappa shape index (κ3) is 2.12. The van der Waals surface area contributed by atoms with Crippen molar-refractivity contribution >= 4 is 13.6 Å². The third-order valence-electron chi connectivity index (χ3n) is 4.47. The van der Waals surface area contributed by atoms with Gasteiger partial charge in [-0.2, -0.15) is 0 Å². The summed E-state index contributed by atoms with van der Waals surface area (Å²) in [6, 6.07) is 0. The zero-order valence-corrected chi connectivity index (χ0v) is 13.3. The van der Waals surface area contributed by atoms with Crippen molar-refractivity contribution in [1.82, 2.24) is 0 Å². The Morgan fingerprint density at radius 3 is 2.24 bits per heavy atom. The second kappa shape index (κ2) is 5.34. The number of methoxy groups -OCH3 is 1. The fourth-order valence-corrected chi connectivity index (χ4v) is 6.09. The molecule has 0 aromatic rings. The van der Waals surface area contributed by atoms with Gasteiger partial charge in [-0.3, -0.25) is 19.5 Å².